The average molecular weight is 247 g/mol. The maximum absolute atomic E-state index is 11.8. The van der Waals surface area contributed by atoms with Crippen molar-refractivity contribution in [3.8, 4) is 0 Å². The number of piperazine rings is 1. The van der Waals surface area contributed by atoms with Crippen LogP contribution >= 0.6 is 0 Å². The number of likely N-dealkylation sites (N-methyl/N-ethyl adjacent to an activating group) is 1. The molecule has 0 aromatic heterocycles. The van der Waals surface area contributed by atoms with Crippen LogP contribution in [-0.2, 0) is 11.2 Å². The van der Waals surface area contributed by atoms with Gasteiger partial charge < -0.3 is 15.5 Å². The lowest BCUT2D eigenvalue weighted by Gasteiger charge is -2.34. The minimum absolute atomic E-state index is 0.192. The van der Waals surface area contributed by atoms with E-state index in [4.69, 9.17) is 0 Å². The van der Waals surface area contributed by atoms with Gasteiger partial charge in [-0.1, -0.05) is 30.3 Å². The smallest absolute Gasteiger partial charge is 0.236 e. The number of carbonyl (C=O) groups is 1. The molecule has 1 aliphatic rings. The zero-order valence-corrected chi connectivity index (χ0v) is 10.9. The van der Waals surface area contributed by atoms with Gasteiger partial charge in [-0.05, 0) is 19.0 Å². The Morgan fingerprint density at radius 2 is 2.22 bits per heavy atom. The first-order valence-corrected chi connectivity index (χ1v) is 6.49. The number of hydrogen-bond acceptors (Lipinski definition) is 3. The molecule has 1 aliphatic heterocycles. The fraction of sp³-hybridized carbons (Fsp3) is 0.500. The lowest BCUT2D eigenvalue weighted by Crippen LogP contribution is -2.54. The summed E-state index contributed by atoms with van der Waals surface area (Å²) in [7, 11) is 1.81. The number of nitrogens with zero attached hydrogens (tertiary/aromatic N) is 1. The number of hydrogen-bond donors (Lipinski definition) is 2. The maximum atomic E-state index is 11.8. The molecule has 4 heteroatoms. The van der Waals surface area contributed by atoms with Crippen LogP contribution in [0.4, 0.5) is 0 Å². The highest BCUT2D eigenvalue weighted by atomic mass is 16.2. The molecule has 0 saturated carbocycles. The van der Waals surface area contributed by atoms with E-state index in [9.17, 15) is 4.79 Å². The second-order valence-electron chi connectivity index (χ2n) is 4.71. The Kier molecular flexibility index (Phi) is 4.73. The van der Waals surface area contributed by atoms with Crippen molar-refractivity contribution < 1.29 is 4.79 Å². The van der Waals surface area contributed by atoms with Crippen molar-refractivity contribution in [2.45, 2.75) is 12.5 Å². The van der Waals surface area contributed by atoms with Crippen molar-refractivity contribution in [3.05, 3.63) is 35.9 Å². The molecule has 0 spiro atoms. The highest BCUT2D eigenvalue weighted by molar-refractivity contribution is 5.78. The molecule has 1 saturated heterocycles. The SMILES string of the molecule is CNCC(=O)N1CCNC(Cc2ccccc2)C1. The van der Waals surface area contributed by atoms with Crippen molar-refractivity contribution >= 4 is 5.91 Å². The van der Waals surface area contributed by atoms with Gasteiger partial charge in [0.15, 0.2) is 0 Å². The van der Waals surface area contributed by atoms with Gasteiger partial charge in [0.05, 0.1) is 6.54 Å². The molecule has 1 aromatic carbocycles. The number of nitrogens with one attached hydrogen (secondary N) is 2. The van der Waals surface area contributed by atoms with E-state index < -0.39 is 0 Å². The van der Waals surface area contributed by atoms with Crippen LogP contribution in [0.1, 0.15) is 5.56 Å². The van der Waals surface area contributed by atoms with Gasteiger partial charge in [-0.25, -0.2) is 0 Å². The van der Waals surface area contributed by atoms with Gasteiger partial charge in [0.1, 0.15) is 0 Å². The van der Waals surface area contributed by atoms with E-state index in [-0.39, 0.29) is 5.91 Å². The number of amides is 1. The summed E-state index contributed by atoms with van der Waals surface area (Å²) >= 11 is 0. The van der Waals surface area contributed by atoms with Crippen LogP contribution in [-0.4, -0.2) is 50.1 Å². The lowest BCUT2D eigenvalue weighted by atomic mass is 10.0. The first-order valence-electron chi connectivity index (χ1n) is 6.49. The molecular weight excluding hydrogens is 226 g/mol. The summed E-state index contributed by atoms with van der Waals surface area (Å²) in [6.07, 6.45) is 0.976. The summed E-state index contributed by atoms with van der Waals surface area (Å²) < 4.78 is 0. The Balaban J connectivity index is 1.89. The molecule has 1 aromatic rings. The Morgan fingerprint density at radius 3 is 2.94 bits per heavy atom. The Hall–Kier alpha value is -1.39. The third-order valence-corrected chi connectivity index (χ3v) is 3.26. The van der Waals surface area contributed by atoms with Gasteiger partial charge in [0.25, 0.3) is 0 Å². The molecule has 98 valence electrons. The third kappa shape index (κ3) is 3.55. The number of rotatable bonds is 4. The molecule has 1 unspecified atom stereocenters. The fourth-order valence-electron chi connectivity index (χ4n) is 2.35. The second-order valence-corrected chi connectivity index (χ2v) is 4.71. The fourth-order valence-corrected chi connectivity index (χ4v) is 2.35. The third-order valence-electron chi connectivity index (χ3n) is 3.26. The predicted molar refractivity (Wildman–Crippen MR) is 72.4 cm³/mol. The normalized spacial score (nSPS) is 19.8. The van der Waals surface area contributed by atoms with Crippen LogP contribution in [0.5, 0.6) is 0 Å². The summed E-state index contributed by atoms with van der Waals surface area (Å²) in [6.45, 7) is 2.92. The first-order chi connectivity index (χ1) is 8.79. The van der Waals surface area contributed by atoms with Crippen molar-refractivity contribution in [1.29, 1.82) is 0 Å². The summed E-state index contributed by atoms with van der Waals surface area (Å²) in [5.41, 5.74) is 1.32. The van der Waals surface area contributed by atoms with E-state index in [1.165, 1.54) is 5.56 Å². The molecule has 4 nitrogen and oxygen atoms in total. The summed E-state index contributed by atoms with van der Waals surface area (Å²) in [5.74, 6) is 0.192. The second kappa shape index (κ2) is 6.52. The van der Waals surface area contributed by atoms with Crippen LogP contribution < -0.4 is 10.6 Å². The number of benzene rings is 1. The minimum Gasteiger partial charge on any atom is -0.339 e. The van der Waals surface area contributed by atoms with E-state index in [2.05, 4.69) is 34.9 Å². The molecule has 2 N–H and O–H groups in total. The van der Waals surface area contributed by atoms with Gasteiger partial charge in [0, 0.05) is 25.7 Å². The van der Waals surface area contributed by atoms with Gasteiger partial charge in [-0.3, -0.25) is 4.79 Å². The summed E-state index contributed by atoms with van der Waals surface area (Å²) in [6, 6.07) is 10.8. The van der Waals surface area contributed by atoms with E-state index in [1.54, 1.807) is 0 Å². The highest BCUT2D eigenvalue weighted by Gasteiger charge is 2.22. The van der Waals surface area contributed by atoms with Crippen molar-refractivity contribution in [2.24, 2.45) is 0 Å². The largest absolute Gasteiger partial charge is 0.339 e. The Morgan fingerprint density at radius 1 is 1.44 bits per heavy atom. The maximum Gasteiger partial charge on any atom is 0.236 e. The Bertz CT molecular complexity index is 380. The van der Waals surface area contributed by atoms with Gasteiger partial charge in [0.2, 0.25) is 5.91 Å². The van der Waals surface area contributed by atoms with Gasteiger partial charge >= 0.3 is 0 Å². The molecule has 1 amide bonds. The van der Waals surface area contributed by atoms with E-state index in [0.29, 0.717) is 12.6 Å². The molecule has 1 fully saturated rings. The van der Waals surface area contributed by atoms with Crippen LogP contribution in [0.25, 0.3) is 0 Å². The van der Waals surface area contributed by atoms with Crippen LogP contribution in [0.3, 0.4) is 0 Å². The summed E-state index contributed by atoms with van der Waals surface area (Å²) in [4.78, 5) is 13.8. The van der Waals surface area contributed by atoms with Crippen LogP contribution in [0.15, 0.2) is 30.3 Å². The zero-order valence-electron chi connectivity index (χ0n) is 10.9. The molecular formula is C14H21N3O. The van der Waals surface area contributed by atoms with Crippen molar-refractivity contribution in [1.82, 2.24) is 15.5 Å². The van der Waals surface area contributed by atoms with Crippen LogP contribution in [0.2, 0.25) is 0 Å². The minimum atomic E-state index is 0.192. The zero-order chi connectivity index (χ0) is 12.8. The highest BCUT2D eigenvalue weighted by Crippen LogP contribution is 2.07. The molecule has 2 rings (SSSR count). The molecule has 0 bridgehead atoms. The molecule has 18 heavy (non-hydrogen) atoms. The predicted octanol–water partition coefficient (Wildman–Crippen LogP) is 0.249. The van der Waals surface area contributed by atoms with Crippen molar-refractivity contribution in [3.63, 3.8) is 0 Å². The van der Waals surface area contributed by atoms with E-state index in [0.717, 1.165) is 26.1 Å². The Labute approximate surface area is 108 Å². The molecule has 1 atom stereocenters. The standard InChI is InChI=1S/C14H21N3O/c1-15-10-14(18)17-8-7-16-13(11-17)9-12-5-3-2-4-6-12/h2-6,13,15-16H,7-11H2,1H3. The molecule has 0 aliphatic carbocycles. The molecule has 1 heterocycles. The topological polar surface area (TPSA) is 44.4 Å². The van der Waals surface area contributed by atoms with Gasteiger partial charge in [-0.2, -0.15) is 0 Å². The van der Waals surface area contributed by atoms with Crippen molar-refractivity contribution in [2.75, 3.05) is 33.2 Å². The monoisotopic (exact) mass is 247 g/mol. The molecule has 0 radical (unpaired) electrons. The van der Waals surface area contributed by atoms with Gasteiger partial charge in [-0.15, -0.1) is 0 Å². The summed E-state index contributed by atoms with van der Waals surface area (Å²) in [5, 5.41) is 6.40. The van der Waals surface area contributed by atoms with E-state index >= 15 is 0 Å². The lowest BCUT2D eigenvalue weighted by molar-refractivity contribution is -0.131. The van der Waals surface area contributed by atoms with Crippen LogP contribution in [0, 0.1) is 0 Å². The first kappa shape index (κ1) is 13.1. The average Bonchev–Trinajstić information content (AvgIpc) is 2.40. The number of carbonyl (C=O) groups excluding carboxylic acids is 1. The quantitative estimate of drug-likeness (QED) is 0.801. The van der Waals surface area contributed by atoms with E-state index in [1.807, 2.05) is 18.0 Å².